The minimum Gasteiger partial charge on any atom is -0.353 e. The van der Waals surface area contributed by atoms with Gasteiger partial charge in [-0.1, -0.05) is 11.6 Å². The van der Waals surface area contributed by atoms with Crippen molar-refractivity contribution in [1.82, 2.24) is 10.7 Å². The molecule has 0 radical (unpaired) electrons. The molecule has 0 fully saturated rings. The fourth-order valence-corrected chi connectivity index (χ4v) is 1.27. The Balaban J connectivity index is 1.88. The second-order valence-electron chi connectivity index (χ2n) is 2.91. The van der Waals surface area contributed by atoms with Gasteiger partial charge in [0, 0.05) is 11.6 Å². The molecular weight excluding hydrogens is 200 g/mol. The quantitative estimate of drug-likeness (QED) is 0.644. The molecule has 1 aliphatic heterocycles. The molecule has 3 N–H and O–H groups in total. The average Bonchev–Trinajstić information content (AvgIpc) is 2.70. The highest BCUT2D eigenvalue weighted by Gasteiger charge is 2.02. The lowest BCUT2D eigenvalue weighted by molar-refractivity contribution is 0.937. The predicted molar refractivity (Wildman–Crippen MR) is 58.5 cm³/mol. The Kier molecular flexibility index (Phi) is 2.74. The van der Waals surface area contributed by atoms with Gasteiger partial charge in [-0.15, -0.1) is 0 Å². The Hall–Kier alpha value is -1.42. The van der Waals surface area contributed by atoms with Crippen molar-refractivity contribution in [3.63, 3.8) is 0 Å². The molecule has 0 unspecified atom stereocenters. The summed E-state index contributed by atoms with van der Waals surface area (Å²) < 4.78 is 0. The normalized spacial score (nSPS) is 14.5. The SMILES string of the molecule is Clc1ccc(NNC2=NCCN2)cc1. The fraction of sp³-hybridized carbons (Fsp3) is 0.222. The lowest BCUT2D eigenvalue weighted by atomic mass is 10.3. The summed E-state index contributed by atoms with van der Waals surface area (Å²) in [6.45, 7) is 1.72. The Labute approximate surface area is 87.3 Å². The van der Waals surface area contributed by atoms with E-state index in [9.17, 15) is 0 Å². The first-order chi connectivity index (χ1) is 6.84. The van der Waals surface area contributed by atoms with Crippen molar-refractivity contribution < 1.29 is 0 Å². The van der Waals surface area contributed by atoms with Crippen LogP contribution in [-0.2, 0) is 0 Å². The van der Waals surface area contributed by atoms with Gasteiger partial charge in [0.1, 0.15) is 0 Å². The van der Waals surface area contributed by atoms with E-state index in [0.29, 0.717) is 0 Å². The molecule has 74 valence electrons. The van der Waals surface area contributed by atoms with E-state index >= 15 is 0 Å². The van der Waals surface area contributed by atoms with Gasteiger partial charge in [0.25, 0.3) is 0 Å². The van der Waals surface area contributed by atoms with Crippen LogP contribution in [0, 0.1) is 0 Å². The number of aliphatic imine (C=N–C) groups is 1. The van der Waals surface area contributed by atoms with Crippen molar-refractivity contribution >= 4 is 23.2 Å². The van der Waals surface area contributed by atoms with Crippen LogP contribution < -0.4 is 16.2 Å². The number of benzene rings is 1. The number of hydrogen-bond acceptors (Lipinski definition) is 4. The molecule has 0 saturated heterocycles. The van der Waals surface area contributed by atoms with Crippen LogP contribution in [0.15, 0.2) is 29.3 Å². The topological polar surface area (TPSA) is 48.5 Å². The van der Waals surface area contributed by atoms with E-state index in [2.05, 4.69) is 21.2 Å². The summed E-state index contributed by atoms with van der Waals surface area (Å²) in [5, 5.41) is 3.82. The molecule has 14 heavy (non-hydrogen) atoms. The fourth-order valence-electron chi connectivity index (χ4n) is 1.15. The summed E-state index contributed by atoms with van der Waals surface area (Å²) in [5.41, 5.74) is 6.92. The molecule has 2 rings (SSSR count). The number of rotatable bonds is 2. The van der Waals surface area contributed by atoms with Gasteiger partial charge in [-0.05, 0) is 24.3 Å². The number of halogens is 1. The van der Waals surface area contributed by atoms with Crippen LogP contribution in [0.25, 0.3) is 0 Å². The van der Waals surface area contributed by atoms with E-state index in [-0.39, 0.29) is 0 Å². The van der Waals surface area contributed by atoms with Crippen molar-refractivity contribution in [3.05, 3.63) is 29.3 Å². The standard InChI is InChI=1S/C9H11ClN4/c10-7-1-3-8(4-2-7)13-14-9-11-5-6-12-9/h1-4,13H,5-6H2,(H2,11,12,14). The second-order valence-corrected chi connectivity index (χ2v) is 3.35. The largest absolute Gasteiger partial charge is 0.353 e. The van der Waals surface area contributed by atoms with Crippen molar-refractivity contribution in [2.45, 2.75) is 0 Å². The van der Waals surface area contributed by atoms with Crippen LogP contribution in [0.1, 0.15) is 0 Å². The van der Waals surface area contributed by atoms with E-state index in [4.69, 9.17) is 11.6 Å². The zero-order valence-corrected chi connectivity index (χ0v) is 8.30. The molecular formula is C9H11ClN4. The lowest BCUT2D eigenvalue weighted by Crippen LogP contribution is -2.37. The molecule has 0 aliphatic carbocycles. The lowest BCUT2D eigenvalue weighted by Gasteiger charge is -2.09. The number of guanidine groups is 1. The maximum atomic E-state index is 5.75. The third-order valence-corrected chi connectivity index (χ3v) is 2.10. The van der Waals surface area contributed by atoms with Gasteiger partial charge in [0.05, 0.1) is 12.2 Å². The van der Waals surface area contributed by atoms with Crippen molar-refractivity contribution in [3.8, 4) is 0 Å². The Morgan fingerprint density at radius 1 is 1.21 bits per heavy atom. The van der Waals surface area contributed by atoms with E-state index < -0.39 is 0 Å². The van der Waals surface area contributed by atoms with E-state index in [1.165, 1.54) is 0 Å². The van der Waals surface area contributed by atoms with Gasteiger partial charge in [-0.3, -0.25) is 15.8 Å². The van der Waals surface area contributed by atoms with Gasteiger partial charge in [0.15, 0.2) is 0 Å². The van der Waals surface area contributed by atoms with Crippen molar-refractivity contribution in [2.75, 3.05) is 18.5 Å². The second kappa shape index (κ2) is 4.19. The first kappa shape index (κ1) is 9.15. The van der Waals surface area contributed by atoms with Crippen molar-refractivity contribution in [2.24, 2.45) is 4.99 Å². The highest BCUT2D eigenvalue weighted by atomic mass is 35.5. The summed E-state index contributed by atoms with van der Waals surface area (Å²) >= 11 is 5.75. The van der Waals surface area contributed by atoms with Crippen LogP contribution >= 0.6 is 11.6 Å². The van der Waals surface area contributed by atoms with Gasteiger partial charge >= 0.3 is 0 Å². The molecule has 0 aromatic heterocycles. The molecule has 0 bridgehead atoms. The van der Waals surface area contributed by atoms with E-state index in [1.807, 2.05) is 24.3 Å². The van der Waals surface area contributed by atoms with Crippen LogP contribution in [0.4, 0.5) is 5.69 Å². The zero-order chi connectivity index (χ0) is 9.80. The van der Waals surface area contributed by atoms with Crippen LogP contribution in [0.5, 0.6) is 0 Å². The number of nitrogens with one attached hydrogen (secondary N) is 3. The highest BCUT2D eigenvalue weighted by Crippen LogP contribution is 2.12. The minimum absolute atomic E-state index is 0.729. The molecule has 0 amide bonds. The number of hydrogen-bond donors (Lipinski definition) is 3. The summed E-state index contributed by atoms with van der Waals surface area (Å²) in [5.74, 6) is 0.778. The number of hydrazine groups is 1. The van der Waals surface area contributed by atoms with Crippen LogP contribution in [-0.4, -0.2) is 19.0 Å². The minimum atomic E-state index is 0.729. The number of nitrogens with zero attached hydrogens (tertiary/aromatic N) is 1. The summed E-state index contributed by atoms with van der Waals surface area (Å²) in [6, 6.07) is 7.45. The van der Waals surface area contributed by atoms with Gasteiger partial charge in [-0.25, -0.2) is 0 Å². The molecule has 1 heterocycles. The van der Waals surface area contributed by atoms with E-state index in [1.54, 1.807) is 0 Å². The first-order valence-electron chi connectivity index (χ1n) is 4.40. The van der Waals surface area contributed by atoms with Gasteiger partial charge < -0.3 is 5.32 Å². The Bertz CT molecular complexity index is 333. The maximum absolute atomic E-state index is 5.75. The van der Waals surface area contributed by atoms with E-state index in [0.717, 1.165) is 29.8 Å². The maximum Gasteiger partial charge on any atom is 0.210 e. The molecule has 0 spiro atoms. The van der Waals surface area contributed by atoms with Gasteiger partial charge in [0.2, 0.25) is 5.96 Å². The third kappa shape index (κ3) is 2.29. The molecule has 1 aromatic carbocycles. The molecule has 1 aromatic rings. The monoisotopic (exact) mass is 210 g/mol. The van der Waals surface area contributed by atoms with Gasteiger partial charge in [-0.2, -0.15) is 0 Å². The Morgan fingerprint density at radius 3 is 2.64 bits per heavy atom. The highest BCUT2D eigenvalue weighted by molar-refractivity contribution is 6.30. The molecule has 1 aliphatic rings. The molecule has 4 nitrogen and oxygen atoms in total. The number of anilines is 1. The summed E-state index contributed by atoms with van der Waals surface area (Å²) in [4.78, 5) is 4.17. The molecule has 0 saturated carbocycles. The summed E-state index contributed by atoms with van der Waals surface area (Å²) in [6.07, 6.45) is 0. The van der Waals surface area contributed by atoms with Crippen molar-refractivity contribution in [1.29, 1.82) is 0 Å². The third-order valence-electron chi connectivity index (χ3n) is 1.84. The average molecular weight is 211 g/mol. The predicted octanol–water partition coefficient (Wildman–Crippen LogP) is 1.22. The smallest absolute Gasteiger partial charge is 0.210 e. The molecule has 0 atom stereocenters. The zero-order valence-electron chi connectivity index (χ0n) is 7.55. The first-order valence-corrected chi connectivity index (χ1v) is 4.78. The summed E-state index contributed by atoms with van der Waals surface area (Å²) in [7, 11) is 0. The molecule has 5 heteroatoms. The van der Waals surface area contributed by atoms with Crippen LogP contribution in [0.2, 0.25) is 5.02 Å². The Morgan fingerprint density at radius 2 is 2.00 bits per heavy atom. The van der Waals surface area contributed by atoms with Crippen LogP contribution in [0.3, 0.4) is 0 Å².